The summed E-state index contributed by atoms with van der Waals surface area (Å²) >= 11 is 4.65. The number of aromatic nitrogens is 2. The average molecular weight is 296 g/mol. The van der Waals surface area contributed by atoms with E-state index >= 15 is 0 Å². The molecule has 0 spiro atoms. The number of benzene rings is 1. The van der Waals surface area contributed by atoms with Gasteiger partial charge in [-0.2, -0.15) is 5.10 Å². The Morgan fingerprint density at radius 3 is 2.70 bits per heavy atom. The van der Waals surface area contributed by atoms with Crippen molar-refractivity contribution in [2.24, 2.45) is 12.8 Å². The fourth-order valence-electron chi connectivity index (χ4n) is 1.85. The molecule has 1 aromatic heterocycles. The lowest BCUT2D eigenvalue weighted by Crippen LogP contribution is -2.15. The van der Waals surface area contributed by atoms with E-state index in [2.05, 4.69) is 22.6 Å². The van der Waals surface area contributed by atoms with Gasteiger partial charge in [0.05, 0.1) is 5.69 Å². The molecule has 106 valence electrons. The van der Waals surface area contributed by atoms with Gasteiger partial charge in [-0.1, -0.05) is 12.2 Å². The van der Waals surface area contributed by atoms with Crippen LogP contribution in [0.2, 0.25) is 0 Å². The van der Waals surface area contributed by atoms with Gasteiger partial charge in [-0.15, -0.1) is 0 Å². The van der Waals surface area contributed by atoms with Crippen molar-refractivity contribution in [1.82, 2.24) is 9.78 Å². The van der Waals surface area contributed by atoms with Gasteiger partial charge in [0, 0.05) is 37.5 Å². The maximum Gasteiger partial charge on any atom is 0.182 e. The van der Waals surface area contributed by atoms with Crippen LogP contribution in [-0.2, 0) is 13.5 Å². The quantitative estimate of drug-likeness (QED) is 0.829. The first kappa shape index (κ1) is 14.4. The third kappa shape index (κ3) is 2.93. The highest BCUT2D eigenvalue weighted by Crippen LogP contribution is 2.20. The van der Waals surface area contributed by atoms with Crippen LogP contribution in [0, 0.1) is 11.6 Å². The second-order valence-corrected chi connectivity index (χ2v) is 4.72. The van der Waals surface area contributed by atoms with Gasteiger partial charge in [0.25, 0.3) is 0 Å². The zero-order valence-electron chi connectivity index (χ0n) is 10.9. The van der Waals surface area contributed by atoms with Crippen LogP contribution >= 0.6 is 12.2 Å². The van der Waals surface area contributed by atoms with E-state index in [0.717, 1.165) is 5.69 Å². The molecule has 2 rings (SSSR count). The second-order valence-electron chi connectivity index (χ2n) is 4.28. The Balaban J connectivity index is 2.05. The summed E-state index contributed by atoms with van der Waals surface area (Å²) in [6.45, 7) is 0.461. The van der Waals surface area contributed by atoms with Crippen LogP contribution in [0.15, 0.2) is 24.4 Å². The minimum absolute atomic E-state index is 0.0877. The Labute approximate surface area is 120 Å². The first-order valence-corrected chi connectivity index (χ1v) is 6.40. The zero-order chi connectivity index (χ0) is 14.7. The van der Waals surface area contributed by atoms with Crippen LogP contribution in [-0.4, -0.2) is 21.3 Å². The summed E-state index contributed by atoms with van der Waals surface area (Å²) in [6.07, 6.45) is 2.33. The van der Waals surface area contributed by atoms with Gasteiger partial charge in [-0.05, 0) is 18.2 Å². The highest BCUT2D eigenvalue weighted by atomic mass is 32.1. The summed E-state index contributed by atoms with van der Waals surface area (Å²) in [6, 6.07) is 4.66. The number of rotatable bonds is 5. The lowest BCUT2D eigenvalue weighted by atomic mass is 10.1. The zero-order valence-corrected chi connectivity index (χ0v) is 11.7. The van der Waals surface area contributed by atoms with Crippen molar-refractivity contribution in [2.45, 2.75) is 6.42 Å². The van der Waals surface area contributed by atoms with E-state index in [9.17, 15) is 8.78 Å². The highest BCUT2D eigenvalue weighted by Gasteiger charge is 2.14. The van der Waals surface area contributed by atoms with Gasteiger partial charge in [0.1, 0.15) is 4.99 Å². The van der Waals surface area contributed by atoms with Gasteiger partial charge in [-0.25, -0.2) is 8.78 Å². The van der Waals surface area contributed by atoms with Crippen molar-refractivity contribution in [3.63, 3.8) is 0 Å². The summed E-state index contributed by atoms with van der Waals surface area (Å²) in [4.78, 5) is -0.164. The Kier molecular flexibility index (Phi) is 4.29. The van der Waals surface area contributed by atoms with E-state index in [4.69, 9.17) is 5.73 Å². The number of halogens is 2. The summed E-state index contributed by atoms with van der Waals surface area (Å²) in [5.41, 5.74) is 6.31. The molecule has 2 aromatic rings. The van der Waals surface area contributed by atoms with Crippen LogP contribution in [0.5, 0.6) is 0 Å². The summed E-state index contributed by atoms with van der Waals surface area (Å²) in [5, 5.41) is 6.88. The van der Waals surface area contributed by atoms with Crippen molar-refractivity contribution in [2.75, 3.05) is 11.9 Å². The second kappa shape index (κ2) is 5.96. The summed E-state index contributed by atoms with van der Waals surface area (Å²) in [7, 11) is 1.83. The van der Waals surface area contributed by atoms with Crippen LogP contribution in [0.1, 0.15) is 11.3 Å². The van der Waals surface area contributed by atoms with E-state index in [1.807, 2.05) is 13.1 Å². The highest BCUT2D eigenvalue weighted by molar-refractivity contribution is 7.80. The van der Waals surface area contributed by atoms with Gasteiger partial charge < -0.3 is 11.1 Å². The number of thiocarbonyl (C=S) groups is 1. The van der Waals surface area contributed by atoms with Gasteiger partial charge in [-0.3, -0.25) is 4.68 Å². The maximum absolute atomic E-state index is 13.8. The standard InChI is InChI=1S/C13H14F2N4S/c1-19-8(5-7-18-19)4-6-17-10-3-2-9(13(16)20)11(14)12(10)15/h2-3,5,7,17H,4,6H2,1H3,(H2,16,20). The van der Waals surface area contributed by atoms with Gasteiger partial charge in [0.2, 0.25) is 0 Å². The Bertz CT molecular complexity index is 639. The van der Waals surface area contributed by atoms with E-state index in [-0.39, 0.29) is 16.2 Å². The van der Waals surface area contributed by atoms with Crippen LogP contribution in [0.4, 0.5) is 14.5 Å². The molecule has 0 unspecified atom stereocenters. The third-order valence-electron chi connectivity index (χ3n) is 2.97. The largest absolute Gasteiger partial charge is 0.389 e. The van der Waals surface area contributed by atoms with Crippen LogP contribution < -0.4 is 11.1 Å². The molecule has 0 saturated heterocycles. The molecule has 0 aliphatic rings. The minimum Gasteiger partial charge on any atom is -0.389 e. The molecular formula is C13H14F2N4S. The van der Waals surface area contributed by atoms with Crippen molar-refractivity contribution in [1.29, 1.82) is 0 Å². The molecule has 0 bridgehead atoms. The molecule has 0 aliphatic heterocycles. The van der Waals surface area contributed by atoms with Crippen molar-refractivity contribution >= 4 is 22.9 Å². The lowest BCUT2D eigenvalue weighted by molar-refractivity contribution is 0.509. The number of anilines is 1. The van der Waals surface area contributed by atoms with E-state index in [1.165, 1.54) is 12.1 Å². The Morgan fingerprint density at radius 2 is 2.10 bits per heavy atom. The number of aryl methyl sites for hydroxylation is 1. The van der Waals surface area contributed by atoms with Crippen LogP contribution in [0.3, 0.4) is 0 Å². The first-order chi connectivity index (χ1) is 9.50. The van der Waals surface area contributed by atoms with Gasteiger partial charge >= 0.3 is 0 Å². The predicted molar refractivity (Wildman–Crippen MR) is 77.6 cm³/mol. The molecule has 20 heavy (non-hydrogen) atoms. The average Bonchev–Trinajstić information content (AvgIpc) is 2.80. The molecule has 1 aromatic carbocycles. The van der Waals surface area contributed by atoms with Crippen LogP contribution in [0.25, 0.3) is 0 Å². The number of nitrogens with zero attached hydrogens (tertiary/aromatic N) is 2. The lowest BCUT2D eigenvalue weighted by Gasteiger charge is -2.10. The molecule has 0 atom stereocenters. The SMILES string of the molecule is Cn1nccc1CCNc1ccc(C(N)=S)c(F)c1F. The number of hydrogen-bond donors (Lipinski definition) is 2. The van der Waals surface area contributed by atoms with Crippen molar-refractivity contribution < 1.29 is 8.78 Å². The Morgan fingerprint density at radius 1 is 1.35 bits per heavy atom. The first-order valence-electron chi connectivity index (χ1n) is 5.99. The molecular weight excluding hydrogens is 282 g/mol. The molecule has 0 radical (unpaired) electrons. The fourth-order valence-corrected chi connectivity index (χ4v) is 2.01. The molecule has 7 heteroatoms. The molecule has 0 fully saturated rings. The molecule has 0 aliphatic carbocycles. The molecule has 4 nitrogen and oxygen atoms in total. The van der Waals surface area contributed by atoms with Crippen molar-refractivity contribution in [3.8, 4) is 0 Å². The summed E-state index contributed by atoms with van der Waals surface area (Å²) < 4.78 is 29.2. The fraction of sp³-hybridized carbons (Fsp3) is 0.231. The number of nitrogens with two attached hydrogens (primary N) is 1. The summed E-state index contributed by atoms with van der Waals surface area (Å²) in [5.74, 6) is -2.00. The minimum atomic E-state index is -1.02. The molecule has 0 amide bonds. The topological polar surface area (TPSA) is 55.9 Å². The van der Waals surface area contributed by atoms with Crippen molar-refractivity contribution in [3.05, 3.63) is 47.3 Å². The third-order valence-corrected chi connectivity index (χ3v) is 3.19. The van der Waals surface area contributed by atoms with Gasteiger partial charge in [0.15, 0.2) is 11.6 Å². The molecule has 0 saturated carbocycles. The monoisotopic (exact) mass is 296 g/mol. The number of hydrogen-bond acceptors (Lipinski definition) is 3. The normalized spacial score (nSPS) is 10.6. The van der Waals surface area contributed by atoms with E-state index in [0.29, 0.717) is 13.0 Å². The van der Waals surface area contributed by atoms with E-state index in [1.54, 1.807) is 10.9 Å². The van der Waals surface area contributed by atoms with E-state index < -0.39 is 11.6 Å². The maximum atomic E-state index is 13.8. The molecule has 3 N–H and O–H groups in total. The Hall–Kier alpha value is -2.02. The smallest absolute Gasteiger partial charge is 0.182 e. The predicted octanol–water partition coefficient (Wildman–Crippen LogP) is 1.99. The number of nitrogens with one attached hydrogen (secondary N) is 1. The molecule has 1 heterocycles.